The van der Waals surface area contributed by atoms with Crippen LogP contribution in [0.5, 0.6) is 0 Å². The maximum absolute atomic E-state index is 10.4. The zero-order valence-electron chi connectivity index (χ0n) is 23.7. The molecule has 3 fully saturated rings. The van der Waals surface area contributed by atoms with Crippen molar-refractivity contribution < 1.29 is 5.11 Å². The molecule has 0 aliphatic heterocycles. The van der Waals surface area contributed by atoms with Crippen molar-refractivity contribution >= 4 is 0 Å². The molecule has 0 heterocycles. The number of allylic oxidation sites excluding steroid dienone is 3. The molecule has 0 amide bonds. The second-order valence-electron chi connectivity index (χ2n) is 14.2. The summed E-state index contributed by atoms with van der Waals surface area (Å²) in [5.41, 5.74) is 4.00. The summed E-state index contributed by atoms with van der Waals surface area (Å²) in [6.45, 7) is 17.2. The minimum atomic E-state index is -0.0924. The Kier molecular flexibility index (Phi) is 8.13. The van der Waals surface area contributed by atoms with Crippen molar-refractivity contribution in [3.63, 3.8) is 0 Å². The van der Waals surface area contributed by atoms with Gasteiger partial charge in [-0.05, 0) is 117 Å². The van der Waals surface area contributed by atoms with E-state index in [2.05, 4.69) is 60.6 Å². The first-order valence-corrected chi connectivity index (χ1v) is 15.1. The van der Waals surface area contributed by atoms with Crippen LogP contribution in [0, 0.1) is 52.3 Å². The molecule has 1 heteroatoms. The van der Waals surface area contributed by atoms with E-state index in [1.54, 1.807) is 5.57 Å². The van der Waals surface area contributed by atoms with Crippen LogP contribution in [0.4, 0.5) is 0 Å². The van der Waals surface area contributed by atoms with Gasteiger partial charge in [0.05, 0.1) is 6.10 Å². The van der Waals surface area contributed by atoms with Gasteiger partial charge in [-0.1, -0.05) is 83.6 Å². The van der Waals surface area contributed by atoms with Crippen LogP contribution >= 0.6 is 0 Å². The summed E-state index contributed by atoms with van der Waals surface area (Å²) < 4.78 is 0. The maximum atomic E-state index is 10.4. The molecule has 1 unspecified atom stereocenters. The summed E-state index contributed by atoms with van der Waals surface area (Å²) in [6.07, 6.45) is 20.8. The molecule has 0 aromatic carbocycles. The molecule has 4 aliphatic carbocycles. The minimum Gasteiger partial charge on any atom is -0.393 e. The van der Waals surface area contributed by atoms with Crippen LogP contribution in [0.1, 0.15) is 126 Å². The molecule has 3 saturated carbocycles. The van der Waals surface area contributed by atoms with Gasteiger partial charge in [0.1, 0.15) is 0 Å². The molecular formula is C33H56O. The molecule has 194 valence electrons. The van der Waals surface area contributed by atoms with Crippen molar-refractivity contribution in [3.05, 3.63) is 23.3 Å². The Labute approximate surface area is 212 Å². The summed E-state index contributed by atoms with van der Waals surface area (Å²) in [5.74, 6) is 6.12. The highest BCUT2D eigenvalue weighted by molar-refractivity contribution is 5.25. The standard InChI is InChI=1S/C33H56O/c1-8-24(11-9-10-22(2)3)31-25(13-12-23(4)5)20-30-28-15-14-26-21-27(34)16-18-32(26,6)29(28)17-19-33(30,31)7/h12,14,22,24-25,27-31,34H,8-11,13,15-21H2,1-7H3/t24-,25?,27+,28-,29+,30+,31+,32+,33+/m1/s1. The highest BCUT2D eigenvalue weighted by Crippen LogP contribution is 2.69. The van der Waals surface area contributed by atoms with Crippen molar-refractivity contribution in [2.75, 3.05) is 0 Å². The van der Waals surface area contributed by atoms with Crippen LogP contribution in [0.2, 0.25) is 0 Å². The van der Waals surface area contributed by atoms with Gasteiger partial charge in [-0.15, -0.1) is 0 Å². The monoisotopic (exact) mass is 468 g/mol. The molecule has 0 aromatic heterocycles. The van der Waals surface area contributed by atoms with Crippen LogP contribution in [-0.2, 0) is 0 Å². The quantitative estimate of drug-likeness (QED) is 0.352. The second-order valence-corrected chi connectivity index (χ2v) is 14.2. The molecule has 4 rings (SSSR count). The molecule has 4 aliphatic rings. The van der Waals surface area contributed by atoms with Crippen LogP contribution in [0.3, 0.4) is 0 Å². The zero-order valence-corrected chi connectivity index (χ0v) is 23.7. The highest BCUT2D eigenvalue weighted by Gasteiger charge is 2.61. The molecule has 1 N–H and O–H groups in total. The third-order valence-corrected chi connectivity index (χ3v) is 11.6. The lowest BCUT2D eigenvalue weighted by atomic mass is 9.46. The van der Waals surface area contributed by atoms with Crippen LogP contribution < -0.4 is 0 Å². The van der Waals surface area contributed by atoms with E-state index < -0.39 is 0 Å². The second kappa shape index (κ2) is 10.4. The van der Waals surface area contributed by atoms with Crippen LogP contribution in [0.25, 0.3) is 0 Å². The third kappa shape index (κ3) is 4.86. The minimum absolute atomic E-state index is 0.0924. The lowest BCUT2D eigenvalue weighted by Crippen LogP contribution is -2.51. The maximum Gasteiger partial charge on any atom is 0.0577 e. The molecule has 34 heavy (non-hydrogen) atoms. The van der Waals surface area contributed by atoms with Crippen molar-refractivity contribution in [2.45, 2.75) is 132 Å². The van der Waals surface area contributed by atoms with Crippen molar-refractivity contribution in [1.29, 1.82) is 0 Å². The van der Waals surface area contributed by atoms with E-state index in [4.69, 9.17) is 0 Å². The Morgan fingerprint density at radius 2 is 1.88 bits per heavy atom. The van der Waals surface area contributed by atoms with Crippen LogP contribution in [0.15, 0.2) is 23.3 Å². The lowest BCUT2D eigenvalue weighted by molar-refractivity contribution is -0.0606. The topological polar surface area (TPSA) is 20.2 Å². The van der Waals surface area contributed by atoms with Crippen molar-refractivity contribution in [1.82, 2.24) is 0 Å². The van der Waals surface area contributed by atoms with Crippen molar-refractivity contribution in [3.8, 4) is 0 Å². The van der Waals surface area contributed by atoms with E-state index in [1.807, 2.05) is 0 Å². The normalized spacial score (nSPS) is 42.4. The molecule has 0 spiro atoms. The fourth-order valence-corrected chi connectivity index (χ4v) is 9.84. The number of rotatable bonds is 8. The largest absolute Gasteiger partial charge is 0.393 e. The van der Waals surface area contributed by atoms with Gasteiger partial charge >= 0.3 is 0 Å². The zero-order chi connectivity index (χ0) is 24.7. The summed E-state index contributed by atoms with van der Waals surface area (Å²) in [6, 6.07) is 0. The Balaban J connectivity index is 1.62. The highest BCUT2D eigenvalue weighted by atomic mass is 16.3. The summed E-state index contributed by atoms with van der Waals surface area (Å²) >= 11 is 0. The number of aliphatic hydroxyl groups excluding tert-OH is 1. The predicted molar refractivity (Wildman–Crippen MR) is 147 cm³/mol. The summed E-state index contributed by atoms with van der Waals surface area (Å²) in [4.78, 5) is 0. The van der Waals surface area contributed by atoms with E-state index in [-0.39, 0.29) is 6.10 Å². The molecule has 0 bridgehead atoms. The number of aliphatic hydroxyl groups is 1. The summed E-state index contributed by atoms with van der Waals surface area (Å²) in [7, 11) is 0. The Morgan fingerprint density at radius 1 is 1.12 bits per heavy atom. The SMILES string of the molecule is CC[C@H](CCCC(C)C)[C@H]1C(CC=C(C)C)C[C@H]2[C@@H]3CC=C4C[C@@H](O)CC[C@]4(C)[C@H]3CC[C@]12C. The Bertz CT molecular complexity index is 757. The molecular weight excluding hydrogens is 412 g/mol. The lowest BCUT2D eigenvalue weighted by Gasteiger charge is -2.58. The van der Waals surface area contributed by atoms with E-state index in [9.17, 15) is 5.11 Å². The van der Waals surface area contributed by atoms with Gasteiger partial charge in [0.2, 0.25) is 0 Å². The number of hydrogen-bond donors (Lipinski definition) is 1. The molecule has 0 radical (unpaired) electrons. The van der Waals surface area contributed by atoms with Gasteiger partial charge in [0.15, 0.2) is 0 Å². The van der Waals surface area contributed by atoms with Gasteiger partial charge in [0, 0.05) is 0 Å². The average molecular weight is 469 g/mol. The Hall–Kier alpha value is -0.560. The van der Waals surface area contributed by atoms with E-state index in [0.29, 0.717) is 10.8 Å². The fourth-order valence-electron chi connectivity index (χ4n) is 9.84. The first-order valence-electron chi connectivity index (χ1n) is 15.1. The number of hydrogen-bond acceptors (Lipinski definition) is 1. The Morgan fingerprint density at radius 3 is 2.56 bits per heavy atom. The van der Waals surface area contributed by atoms with E-state index >= 15 is 0 Å². The van der Waals surface area contributed by atoms with E-state index in [1.165, 1.54) is 69.8 Å². The molecule has 9 atom stereocenters. The fraction of sp³-hybridized carbons (Fsp3) is 0.879. The average Bonchev–Trinajstić information content (AvgIpc) is 3.08. The number of fused-ring (bicyclic) bond motifs is 5. The van der Waals surface area contributed by atoms with Crippen LogP contribution in [-0.4, -0.2) is 11.2 Å². The third-order valence-electron chi connectivity index (χ3n) is 11.6. The van der Waals surface area contributed by atoms with Gasteiger partial charge in [0.25, 0.3) is 0 Å². The van der Waals surface area contributed by atoms with Gasteiger partial charge in [-0.2, -0.15) is 0 Å². The first-order chi connectivity index (χ1) is 16.1. The van der Waals surface area contributed by atoms with Gasteiger partial charge in [-0.3, -0.25) is 0 Å². The van der Waals surface area contributed by atoms with Gasteiger partial charge < -0.3 is 5.11 Å². The molecule has 0 saturated heterocycles. The van der Waals surface area contributed by atoms with Crippen molar-refractivity contribution in [2.24, 2.45) is 52.3 Å². The smallest absolute Gasteiger partial charge is 0.0577 e. The summed E-state index contributed by atoms with van der Waals surface area (Å²) in [5, 5.41) is 10.4. The molecule has 1 nitrogen and oxygen atoms in total. The first kappa shape index (κ1) is 26.5. The molecule has 0 aromatic rings. The predicted octanol–water partition coefficient (Wildman–Crippen LogP) is 9.36. The van der Waals surface area contributed by atoms with Gasteiger partial charge in [-0.25, -0.2) is 0 Å². The van der Waals surface area contributed by atoms with E-state index in [0.717, 1.165) is 54.3 Å².